The number of nitriles is 3. The zero-order chi connectivity index (χ0) is 47.3. The highest BCUT2D eigenvalue weighted by molar-refractivity contribution is 9.10. The van der Waals surface area contributed by atoms with E-state index in [1.165, 1.54) is 47.9 Å². The Morgan fingerprint density at radius 1 is 0.716 bits per heavy atom. The first-order chi connectivity index (χ1) is 32.5. The van der Waals surface area contributed by atoms with Gasteiger partial charge in [0, 0.05) is 45.9 Å². The number of guanidine groups is 2. The molecule has 15 nitrogen and oxygen atoms in total. The number of ether oxygens (including phenoxy) is 1. The topological polar surface area (TPSA) is 244 Å². The fourth-order valence-electron chi connectivity index (χ4n) is 9.16. The second-order valence-electron chi connectivity index (χ2n) is 17.2. The van der Waals surface area contributed by atoms with Crippen LogP contribution in [-0.4, -0.2) is 64.0 Å². The van der Waals surface area contributed by atoms with Gasteiger partial charge >= 0.3 is 0 Å². The number of rotatable bonds is 3. The number of fused-ring (bicyclic) bond motifs is 3. The molecule has 0 saturated carbocycles. The molecule has 0 amide bonds. The maximum absolute atomic E-state index is 8.74. The van der Waals surface area contributed by atoms with Gasteiger partial charge in [0.05, 0.1) is 24.2 Å². The molecule has 342 valence electrons. The number of nitrogens with one attached hydrogen (secondary N) is 4. The summed E-state index contributed by atoms with van der Waals surface area (Å²) in [6.07, 6.45) is 19.6. The number of nitrogens with zero attached hydrogens (tertiary/aromatic N) is 8. The molecule has 0 bridgehead atoms. The Hall–Kier alpha value is -6.68. The highest BCUT2D eigenvalue weighted by atomic mass is 79.9. The van der Waals surface area contributed by atoms with Crippen LogP contribution in [0.1, 0.15) is 59.6 Å². The van der Waals surface area contributed by atoms with E-state index in [9.17, 15) is 0 Å². The Labute approximate surface area is 408 Å². The van der Waals surface area contributed by atoms with Gasteiger partial charge in [-0.1, -0.05) is 92.5 Å². The van der Waals surface area contributed by atoms with E-state index in [4.69, 9.17) is 32.0 Å². The predicted molar refractivity (Wildman–Crippen MR) is 267 cm³/mol. The normalized spacial score (nSPS) is 21.6. The van der Waals surface area contributed by atoms with Crippen LogP contribution in [0.3, 0.4) is 0 Å². The summed E-state index contributed by atoms with van der Waals surface area (Å²) in [5.74, 6) is 2.23. The van der Waals surface area contributed by atoms with Crippen molar-refractivity contribution < 1.29 is 4.74 Å². The molecule has 5 aromatic rings. The minimum atomic E-state index is -0.187. The van der Waals surface area contributed by atoms with Crippen molar-refractivity contribution in [1.82, 2.24) is 31.2 Å². The number of hydrogen-bond acceptors (Lipinski definition) is 15. The zero-order valence-corrected chi connectivity index (χ0v) is 40.4. The molecule has 10 rings (SSSR count). The average Bonchev–Trinajstić information content (AvgIpc) is 3.92. The van der Waals surface area contributed by atoms with Gasteiger partial charge in [-0.15, -0.1) is 4.99 Å². The number of nitrogens with two attached hydrogens (primary N) is 2. The summed E-state index contributed by atoms with van der Waals surface area (Å²) < 4.78 is 7.58. The molecule has 67 heavy (non-hydrogen) atoms. The van der Waals surface area contributed by atoms with Gasteiger partial charge in [0.1, 0.15) is 12.1 Å². The first-order valence-electron chi connectivity index (χ1n) is 22.0. The summed E-state index contributed by atoms with van der Waals surface area (Å²) in [6, 6.07) is 28.3. The molecule has 4 aromatic carbocycles. The van der Waals surface area contributed by atoms with E-state index in [1.54, 1.807) is 31.6 Å². The Morgan fingerprint density at radius 3 is 1.79 bits per heavy atom. The molecule has 0 fully saturated rings. The first-order valence-corrected chi connectivity index (χ1v) is 23.6. The standard InChI is InChI=1S/C17H16N6.C13H13BrN4.C11H15BrN2.C9H8N2O/c18-10-22-16-21-9-17(23-16)5-4-15-12(6-17)2-1-3-14(15)13-7-19-11-20-8-13;14-11-3-1-2-9-6-13(5-4-10(9)11)7-16-12(18-13)17-8-15;12-10-3-1-2-8-6-11(14,7-13)5-4-9(8)10;1-8(11-7-10)12-9-5-3-2-4-6-9/h1-3,7-8,11H,4-6,9H2,(H2,21,22,23);1-3H,4-7H2,(H2,16,17,18);1-3H,4-7,13-14H2;2-6H,1H3. The maximum atomic E-state index is 8.74. The minimum Gasteiger partial charge on any atom is -0.443 e. The molecule has 8 N–H and O–H groups in total. The van der Waals surface area contributed by atoms with Crippen molar-refractivity contribution in [2.75, 3.05) is 19.6 Å². The van der Waals surface area contributed by atoms with Crippen LogP contribution in [0.25, 0.3) is 11.1 Å². The van der Waals surface area contributed by atoms with Crippen molar-refractivity contribution in [3.05, 3.63) is 146 Å². The van der Waals surface area contributed by atoms with Crippen LogP contribution in [0.15, 0.2) is 128 Å². The fraction of sp³-hybridized carbons (Fsp3) is 0.320. The monoisotopic (exact) mass is 1020 g/mol. The van der Waals surface area contributed by atoms with Crippen LogP contribution in [-0.2, 0) is 38.5 Å². The lowest BCUT2D eigenvalue weighted by Gasteiger charge is -2.35. The van der Waals surface area contributed by atoms with Crippen molar-refractivity contribution in [3.8, 4) is 35.5 Å². The molecule has 2 spiro atoms. The summed E-state index contributed by atoms with van der Waals surface area (Å²) in [7, 11) is 0. The quantitative estimate of drug-likeness (QED) is 0.0481. The lowest BCUT2D eigenvalue weighted by Crippen LogP contribution is -2.52. The van der Waals surface area contributed by atoms with Crippen molar-refractivity contribution in [2.45, 2.75) is 81.3 Å². The Morgan fingerprint density at radius 2 is 1.24 bits per heavy atom. The summed E-state index contributed by atoms with van der Waals surface area (Å²) in [5, 5.41) is 37.5. The van der Waals surface area contributed by atoms with Gasteiger partial charge in [0.25, 0.3) is 0 Å². The van der Waals surface area contributed by atoms with Crippen molar-refractivity contribution >= 4 is 49.7 Å². The molecule has 0 saturated heterocycles. The van der Waals surface area contributed by atoms with E-state index in [0.29, 0.717) is 36.7 Å². The van der Waals surface area contributed by atoms with Crippen LogP contribution in [0, 0.1) is 34.4 Å². The second kappa shape index (κ2) is 22.2. The van der Waals surface area contributed by atoms with E-state index in [2.05, 4.69) is 133 Å². The molecule has 3 heterocycles. The van der Waals surface area contributed by atoms with Crippen molar-refractivity contribution in [2.24, 2.45) is 26.4 Å². The molecule has 3 aliphatic carbocycles. The van der Waals surface area contributed by atoms with Gasteiger partial charge in [-0.3, -0.25) is 10.6 Å². The molecule has 1 aromatic heterocycles. The first kappa shape index (κ1) is 48.3. The maximum Gasteiger partial charge on any atom is 0.208 e. The Balaban J connectivity index is 0.000000137. The van der Waals surface area contributed by atoms with Crippen LogP contribution in [0.5, 0.6) is 5.75 Å². The molecular weight excluding hydrogens is 972 g/mol. The lowest BCUT2D eigenvalue weighted by atomic mass is 9.76. The zero-order valence-electron chi connectivity index (χ0n) is 37.2. The third kappa shape index (κ3) is 12.2. The van der Waals surface area contributed by atoms with E-state index in [0.717, 1.165) is 69.9 Å². The third-order valence-electron chi connectivity index (χ3n) is 12.6. The Kier molecular flexibility index (Phi) is 16.0. The molecule has 2 aliphatic heterocycles. The minimum absolute atomic E-state index is 0.00697. The molecule has 5 aliphatic rings. The van der Waals surface area contributed by atoms with E-state index in [1.807, 2.05) is 43.0 Å². The lowest BCUT2D eigenvalue weighted by molar-refractivity contribution is 0.360. The van der Waals surface area contributed by atoms with Crippen LogP contribution >= 0.6 is 31.9 Å². The molecule has 3 atom stereocenters. The van der Waals surface area contributed by atoms with Crippen molar-refractivity contribution in [3.63, 3.8) is 0 Å². The van der Waals surface area contributed by atoms with Gasteiger partial charge in [0.15, 0.2) is 12.4 Å². The van der Waals surface area contributed by atoms with Gasteiger partial charge < -0.3 is 26.8 Å². The number of hydrogen-bond donors (Lipinski definition) is 6. The molecule has 17 heteroatoms. The predicted octanol–water partition coefficient (Wildman–Crippen LogP) is 6.67. The molecular formula is C50H52Br2N14O. The van der Waals surface area contributed by atoms with Crippen LogP contribution in [0.4, 0.5) is 0 Å². The van der Waals surface area contributed by atoms with Gasteiger partial charge in [-0.2, -0.15) is 15.8 Å². The number of aliphatic imine (C=N–C) groups is 3. The number of halogens is 2. The highest BCUT2D eigenvalue weighted by Crippen LogP contribution is 2.37. The number of benzene rings is 4. The van der Waals surface area contributed by atoms with E-state index < -0.39 is 0 Å². The Bertz CT molecular complexity index is 2770. The van der Waals surface area contributed by atoms with Gasteiger partial charge in [-0.05, 0) is 121 Å². The van der Waals surface area contributed by atoms with Crippen LogP contribution < -0.4 is 37.5 Å². The number of para-hydroxylation sites is 1. The molecule has 0 radical (unpaired) electrons. The van der Waals surface area contributed by atoms with E-state index >= 15 is 0 Å². The summed E-state index contributed by atoms with van der Waals surface area (Å²) >= 11 is 7.18. The van der Waals surface area contributed by atoms with Gasteiger partial charge in [0.2, 0.25) is 24.0 Å². The smallest absolute Gasteiger partial charge is 0.208 e. The van der Waals surface area contributed by atoms with Crippen molar-refractivity contribution in [1.29, 1.82) is 15.8 Å². The largest absolute Gasteiger partial charge is 0.443 e. The third-order valence-corrected chi connectivity index (χ3v) is 14.1. The average molecular weight is 1020 g/mol. The fourth-order valence-corrected chi connectivity index (χ4v) is 10.4. The SMILES string of the molecule is CC(=NC#N)Oc1ccccc1.N#CNC1=NCC2(CCc3c(Br)cccc3C2)N1.N#CNC1=NCC2(CCc3c(cccc3-c3cncnc3)C2)N1.NCC1(N)CCc2c(Br)cccc2C1. The number of aromatic nitrogens is 2. The second-order valence-corrected chi connectivity index (χ2v) is 18.9. The summed E-state index contributed by atoms with van der Waals surface area (Å²) in [5.41, 5.74) is 22.1. The molecule has 3 unspecified atom stereocenters. The highest BCUT2D eigenvalue weighted by Gasteiger charge is 2.40. The summed E-state index contributed by atoms with van der Waals surface area (Å²) in [6.45, 7) is 3.65. The van der Waals surface area contributed by atoms with E-state index in [-0.39, 0.29) is 16.6 Å². The van der Waals surface area contributed by atoms with Gasteiger partial charge in [-0.25, -0.2) is 20.0 Å². The van der Waals surface area contributed by atoms with Crippen LogP contribution in [0.2, 0.25) is 0 Å². The summed E-state index contributed by atoms with van der Waals surface area (Å²) in [4.78, 5) is 20.4.